The summed E-state index contributed by atoms with van der Waals surface area (Å²) >= 11 is 3.37. The van der Waals surface area contributed by atoms with E-state index in [-0.39, 0.29) is 0 Å². The molecule has 2 rings (SSSR count). The molecule has 1 heterocycles. The number of hydrogen-bond donors (Lipinski definition) is 1. The van der Waals surface area contributed by atoms with Gasteiger partial charge in [-0.1, -0.05) is 12.1 Å². The van der Waals surface area contributed by atoms with E-state index in [1.165, 1.54) is 0 Å². The van der Waals surface area contributed by atoms with Crippen molar-refractivity contribution >= 4 is 32.5 Å². The Balaban J connectivity index is 2.87. The summed E-state index contributed by atoms with van der Waals surface area (Å²) in [4.78, 5) is 4.27. The summed E-state index contributed by atoms with van der Waals surface area (Å²) in [6.07, 6.45) is 1.76. The van der Waals surface area contributed by atoms with Crippen LogP contribution in [0.25, 0.3) is 10.9 Å². The van der Waals surface area contributed by atoms with Crippen LogP contribution in [-0.4, -0.2) is 4.98 Å². The molecule has 0 aliphatic heterocycles. The summed E-state index contributed by atoms with van der Waals surface area (Å²) in [5, 5.41) is 1.07. The minimum atomic E-state index is 0.769. The standard InChI is InChI=1S/C10H9BrN2/c1-6-2-3-7-4-8(11)5-13-10(7)9(6)12/h2-5H,12H2,1H3. The maximum atomic E-state index is 5.89. The van der Waals surface area contributed by atoms with Crippen LogP contribution in [0.3, 0.4) is 0 Å². The molecule has 0 aliphatic rings. The summed E-state index contributed by atoms with van der Waals surface area (Å²) < 4.78 is 0.975. The zero-order valence-corrected chi connectivity index (χ0v) is 8.80. The quantitative estimate of drug-likeness (QED) is 0.715. The molecule has 1 aromatic heterocycles. The van der Waals surface area contributed by atoms with Gasteiger partial charge in [-0.15, -0.1) is 0 Å². The second kappa shape index (κ2) is 3.00. The predicted molar refractivity (Wildman–Crippen MR) is 58.6 cm³/mol. The van der Waals surface area contributed by atoms with Crippen LogP contribution in [0.2, 0.25) is 0 Å². The molecule has 0 saturated carbocycles. The van der Waals surface area contributed by atoms with Crippen molar-refractivity contribution in [2.75, 3.05) is 5.73 Å². The van der Waals surface area contributed by atoms with Crippen molar-refractivity contribution < 1.29 is 0 Å². The van der Waals surface area contributed by atoms with Crippen LogP contribution in [0.15, 0.2) is 28.9 Å². The highest BCUT2D eigenvalue weighted by Crippen LogP contribution is 2.24. The van der Waals surface area contributed by atoms with Gasteiger partial charge in [-0.3, -0.25) is 4.98 Å². The molecule has 0 unspecified atom stereocenters. The Morgan fingerprint density at radius 2 is 2.15 bits per heavy atom. The normalized spacial score (nSPS) is 10.6. The van der Waals surface area contributed by atoms with E-state index in [0.717, 1.165) is 26.6 Å². The van der Waals surface area contributed by atoms with Crippen LogP contribution in [0.5, 0.6) is 0 Å². The summed E-state index contributed by atoms with van der Waals surface area (Å²) in [6, 6.07) is 6.04. The van der Waals surface area contributed by atoms with Gasteiger partial charge in [-0.2, -0.15) is 0 Å². The van der Waals surface area contributed by atoms with Crippen molar-refractivity contribution in [3.8, 4) is 0 Å². The predicted octanol–water partition coefficient (Wildman–Crippen LogP) is 2.89. The lowest BCUT2D eigenvalue weighted by Gasteiger charge is -2.04. The van der Waals surface area contributed by atoms with Gasteiger partial charge < -0.3 is 5.73 Å². The summed E-state index contributed by atoms with van der Waals surface area (Å²) in [7, 11) is 0. The molecule has 0 radical (unpaired) electrons. The Morgan fingerprint density at radius 3 is 2.92 bits per heavy atom. The van der Waals surface area contributed by atoms with E-state index in [0.29, 0.717) is 0 Å². The number of benzene rings is 1. The smallest absolute Gasteiger partial charge is 0.0934 e. The lowest BCUT2D eigenvalue weighted by molar-refractivity contribution is 1.37. The Hall–Kier alpha value is -1.09. The van der Waals surface area contributed by atoms with Gasteiger partial charge in [0.2, 0.25) is 0 Å². The molecule has 0 bridgehead atoms. The molecule has 2 nitrogen and oxygen atoms in total. The molecule has 2 N–H and O–H groups in total. The van der Waals surface area contributed by atoms with E-state index in [4.69, 9.17) is 5.73 Å². The number of nitrogens with two attached hydrogens (primary N) is 1. The van der Waals surface area contributed by atoms with Crippen molar-refractivity contribution in [3.63, 3.8) is 0 Å². The molecule has 0 amide bonds. The highest BCUT2D eigenvalue weighted by molar-refractivity contribution is 9.10. The third kappa shape index (κ3) is 1.40. The van der Waals surface area contributed by atoms with E-state index < -0.39 is 0 Å². The minimum Gasteiger partial charge on any atom is -0.397 e. The van der Waals surface area contributed by atoms with Gasteiger partial charge in [0, 0.05) is 16.1 Å². The molecule has 13 heavy (non-hydrogen) atoms. The zero-order chi connectivity index (χ0) is 9.42. The number of rotatable bonds is 0. The summed E-state index contributed by atoms with van der Waals surface area (Å²) in [5.74, 6) is 0. The second-order valence-corrected chi connectivity index (χ2v) is 3.94. The number of aromatic nitrogens is 1. The van der Waals surface area contributed by atoms with E-state index in [1.807, 2.05) is 25.1 Å². The van der Waals surface area contributed by atoms with Crippen LogP contribution in [-0.2, 0) is 0 Å². The van der Waals surface area contributed by atoms with Crippen LogP contribution in [0, 0.1) is 6.92 Å². The molecule has 3 heteroatoms. The average molecular weight is 237 g/mol. The molecule has 0 atom stereocenters. The topological polar surface area (TPSA) is 38.9 Å². The number of fused-ring (bicyclic) bond motifs is 1. The van der Waals surface area contributed by atoms with Crippen molar-refractivity contribution in [2.24, 2.45) is 0 Å². The number of hydrogen-bond acceptors (Lipinski definition) is 2. The second-order valence-electron chi connectivity index (χ2n) is 3.02. The SMILES string of the molecule is Cc1ccc2cc(Br)cnc2c1N. The van der Waals surface area contributed by atoms with E-state index in [2.05, 4.69) is 20.9 Å². The fraction of sp³-hybridized carbons (Fsp3) is 0.100. The van der Waals surface area contributed by atoms with Crippen molar-refractivity contribution in [1.29, 1.82) is 0 Å². The van der Waals surface area contributed by atoms with Gasteiger partial charge in [-0.05, 0) is 34.5 Å². The summed E-state index contributed by atoms with van der Waals surface area (Å²) in [5.41, 5.74) is 8.61. The molecule has 0 aliphatic carbocycles. The third-order valence-electron chi connectivity index (χ3n) is 2.08. The first-order valence-electron chi connectivity index (χ1n) is 3.99. The van der Waals surface area contributed by atoms with Crippen molar-refractivity contribution in [3.05, 3.63) is 34.4 Å². The Bertz CT molecular complexity index is 466. The number of anilines is 1. The maximum Gasteiger partial charge on any atom is 0.0934 e. The van der Waals surface area contributed by atoms with Gasteiger partial charge in [0.25, 0.3) is 0 Å². The molecular formula is C10H9BrN2. The number of pyridine rings is 1. The van der Waals surface area contributed by atoms with Crippen LogP contribution in [0.4, 0.5) is 5.69 Å². The number of halogens is 1. The Morgan fingerprint density at radius 1 is 1.38 bits per heavy atom. The molecule has 1 aromatic carbocycles. The molecular weight excluding hydrogens is 228 g/mol. The van der Waals surface area contributed by atoms with Crippen molar-refractivity contribution in [1.82, 2.24) is 4.98 Å². The molecule has 0 saturated heterocycles. The molecule has 66 valence electrons. The maximum absolute atomic E-state index is 5.89. The average Bonchev–Trinajstić information content (AvgIpc) is 2.12. The van der Waals surface area contributed by atoms with Crippen LogP contribution < -0.4 is 5.73 Å². The number of nitrogens with zero attached hydrogens (tertiary/aromatic N) is 1. The first-order chi connectivity index (χ1) is 6.18. The largest absolute Gasteiger partial charge is 0.397 e. The Labute approximate surface area is 84.9 Å². The first kappa shape index (κ1) is 8.51. The fourth-order valence-electron chi connectivity index (χ4n) is 1.30. The monoisotopic (exact) mass is 236 g/mol. The van der Waals surface area contributed by atoms with Gasteiger partial charge in [-0.25, -0.2) is 0 Å². The highest BCUT2D eigenvalue weighted by Gasteiger charge is 2.01. The fourth-order valence-corrected chi connectivity index (χ4v) is 1.65. The van der Waals surface area contributed by atoms with E-state index >= 15 is 0 Å². The van der Waals surface area contributed by atoms with Gasteiger partial charge in [0.15, 0.2) is 0 Å². The highest BCUT2D eigenvalue weighted by atomic mass is 79.9. The van der Waals surface area contributed by atoms with E-state index in [1.54, 1.807) is 6.20 Å². The number of nitrogen functional groups attached to an aromatic ring is 1. The zero-order valence-electron chi connectivity index (χ0n) is 7.21. The molecule has 2 aromatic rings. The minimum absolute atomic E-state index is 0.769. The molecule has 0 fully saturated rings. The summed E-state index contributed by atoms with van der Waals surface area (Å²) in [6.45, 7) is 1.98. The van der Waals surface area contributed by atoms with Crippen LogP contribution >= 0.6 is 15.9 Å². The van der Waals surface area contributed by atoms with Crippen LogP contribution in [0.1, 0.15) is 5.56 Å². The third-order valence-corrected chi connectivity index (χ3v) is 2.51. The lowest BCUT2D eigenvalue weighted by atomic mass is 10.1. The van der Waals surface area contributed by atoms with E-state index in [9.17, 15) is 0 Å². The number of aryl methyl sites for hydroxylation is 1. The first-order valence-corrected chi connectivity index (χ1v) is 4.78. The van der Waals surface area contributed by atoms with Gasteiger partial charge >= 0.3 is 0 Å². The van der Waals surface area contributed by atoms with Gasteiger partial charge in [0.05, 0.1) is 11.2 Å². The van der Waals surface area contributed by atoms with Crippen molar-refractivity contribution in [2.45, 2.75) is 6.92 Å². The molecule has 0 spiro atoms. The Kier molecular flexibility index (Phi) is 1.96. The van der Waals surface area contributed by atoms with Gasteiger partial charge in [0.1, 0.15) is 0 Å². The lowest BCUT2D eigenvalue weighted by Crippen LogP contribution is -1.92.